The molecule has 3 aromatic rings. The maximum absolute atomic E-state index is 12.6. The molecule has 32 heavy (non-hydrogen) atoms. The number of hydrogen-bond acceptors (Lipinski definition) is 7. The Hall–Kier alpha value is -3.59. The second-order valence-corrected chi connectivity index (χ2v) is 8.18. The summed E-state index contributed by atoms with van der Waals surface area (Å²) in [4.78, 5) is 29.6. The average Bonchev–Trinajstić information content (AvgIpc) is 3.18. The van der Waals surface area contributed by atoms with E-state index in [2.05, 4.69) is 21.2 Å². The van der Waals surface area contributed by atoms with E-state index in [0.29, 0.717) is 27.1 Å². The van der Waals surface area contributed by atoms with E-state index in [4.69, 9.17) is 9.47 Å². The summed E-state index contributed by atoms with van der Waals surface area (Å²) in [6, 6.07) is 11.4. The Bertz CT molecular complexity index is 1140. The van der Waals surface area contributed by atoms with Crippen LogP contribution in [0.25, 0.3) is 10.6 Å². The second-order valence-electron chi connectivity index (χ2n) is 7.18. The number of hydrazine groups is 1. The largest absolute Gasteiger partial charge is 0.493 e. The predicted octanol–water partition coefficient (Wildman–Crippen LogP) is 3.63. The third-order valence-corrected chi connectivity index (χ3v) is 5.98. The normalized spacial score (nSPS) is 10.4. The molecule has 0 aliphatic rings. The van der Waals surface area contributed by atoms with Crippen LogP contribution in [0.4, 0.5) is 5.69 Å². The van der Waals surface area contributed by atoms with Gasteiger partial charge >= 0.3 is 0 Å². The van der Waals surface area contributed by atoms with Gasteiger partial charge in [-0.3, -0.25) is 20.4 Å². The number of thiazole rings is 1. The van der Waals surface area contributed by atoms with Crippen molar-refractivity contribution in [3.63, 3.8) is 0 Å². The number of aryl methyl sites for hydroxylation is 3. The molecule has 0 aliphatic carbocycles. The summed E-state index contributed by atoms with van der Waals surface area (Å²) in [6.45, 7) is 5.76. The first-order chi connectivity index (χ1) is 15.3. The molecule has 0 atom stereocenters. The van der Waals surface area contributed by atoms with Crippen LogP contribution in [0.2, 0.25) is 0 Å². The van der Waals surface area contributed by atoms with Gasteiger partial charge in [0, 0.05) is 11.3 Å². The first-order valence-corrected chi connectivity index (χ1v) is 10.7. The molecule has 0 fully saturated rings. The first-order valence-electron chi connectivity index (χ1n) is 9.92. The molecule has 1 heterocycles. The zero-order chi connectivity index (χ0) is 23.3. The van der Waals surface area contributed by atoms with Crippen molar-refractivity contribution in [2.24, 2.45) is 0 Å². The fourth-order valence-corrected chi connectivity index (χ4v) is 4.07. The highest BCUT2D eigenvalue weighted by Gasteiger charge is 2.18. The smallest absolute Gasteiger partial charge is 0.281 e. The van der Waals surface area contributed by atoms with Crippen molar-refractivity contribution in [1.29, 1.82) is 0 Å². The molecule has 0 radical (unpaired) electrons. The second kappa shape index (κ2) is 10.1. The molecule has 8 nitrogen and oxygen atoms in total. The van der Waals surface area contributed by atoms with Gasteiger partial charge in [0.1, 0.15) is 9.88 Å². The highest BCUT2D eigenvalue weighted by atomic mass is 32.1. The number of methoxy groups -OCH3 is 2. The number of nitrogens with one attached hydrogen (secondary N) is 3. The topological polar surface area (TPSA) is 102 Å². The monoisotopic (exact) mass is 454 g/mol. The highest BCUT2D eigenvalue weighted by Crippen LogP contribution is 2.34. The van der Waals surface area contributed by atoms with Crippen molar-refractivity contribution < 1.29 is 19.1 Å². The number of rotatable bonds is 7. The summed E-state index contributed by atoms with van der Waals surface area (Å²) >= 11 is 1.23. The summed E-state index contributed by atoms with van der Waals surface area (Å²) < 4.78 is 10.6. The van der Waals surface area contributed by atoms with Crippen LogP contribution in [0.5, 0.6) is 11.5 Å². The van der Waals surface area contributed by atoms with Gasteiger partial charge < -0.3 is 14.8 Å². The Labute approximate surface area is 190 Å². The zero-order valence-corrected chi connectivity index (χ0v) is 19.5. The molecule has 0 saturated carbocycles. The molecule has 0 aliphatic heterocycles. The molecule has 0 bridgehead atoms. The maximum atomic E-state index is 12.6. The average molecular weight is 455 g/mol. The van der Waals surface area contributed by atoms with Crippen LogP contribution in [0, 0.1) is 20.8 Å². The van der Waals surface area contributed by atoms with Crippen molar-refractivity contribution in [2.45, 2.75) is 20.8 Å². The number of amides is 2. The number of carbonyl (C=O) groups excluding carboxylic acids is 2. The van der Waals surface area contributed by atoms with Gasteiger partial charge in [-0.1, -0.05) is 17.7 Å². The van der Waals surface area contributed by atoms with Gasteiger partial charge in [-0.25, -0.2) is 4.98 Å². The van der Waals surface area contributed by atoms with Gasteiger partial charge in [-0.15, -0.1) is 11.3 Å². The molecule has 168 valence electrons. The Morgan fingerprint density at radius 1 is 0.969 bits per heavy atom. The lowest BCUT2D eigenvalue weighted by Crippen LogP contribution is -2.44. The fraction of sp³-hybridized carbons (Fsp3) is 0.261. The van der Waals surface area contributed by atoms with Crippen LogP contribution in [-0.2, 0) is 4.79 Å². The van der Waals surface area contributed by atoms with E-state index in [1.807, 2.05) is 38.1 Å². The van der Waals surface area contributed by atoms with Crippen LogP contribution in [0.15, 0.2) is 36.4 Å². The number of hydrogen-bond donors (Lipinski definition) is 3. The molecule has 0 spiro atoms. The van der Waals surface area contributed by atoms with E-state index >= 15 is 0 Å². The van der Waals surface area contributed by atoms with Crippen LogP contribution < -0.4 is 25.6 Å². The Kier molecular flexibility index (Phi) is 7.32. The summed E-state index contributed by atoms with van der Waals surface area (Å²) in [5.41, 5.74) is 9.32. The van der Waals surface area contributed by atoms with Crippen molar-refractivity contribution in [3.05, 3.63) is 58.1 Å². The van der Waals surface area contributed by atoms with E-state index < -0.39 is 5.91 Å². The minimum absolute atomic E-state index is 0.0305. The van der Waals surface area contributed by atoms with Crippen LogP contribution in [0.1, 0.15) is 26.5 Å². The van der Waals surface area contributed by atoms with E-state index in [0.717, 1.165) is 22.4 Å². The number of anilines is 1. The standard InChI is InChI=1S/C23H26N4O4S/c1-13-6-8-17(14(2)10-13)24-12-20(28)26-27-22(29)21-15(3)25-23(32-21)16-7-9-18(30-4)19(11-16)31-5/h6-11,24H,12H2,1-5H3,(H,26,28)(H,27,29). The minimum atomic E-state index is -0.424. The number of nitrogens with zero attached hydrogens (tertiary/aromatic N) is 1. The van der Waals surface area contributed by atoms with Gasteiger partial charge in [-0.05, 0) is 50.6 Å². The molecular formula is C23H26N4O4S. The number of carbonyl (C=O) groups is 2. The van der Waals surface area contributed by atoms with E-state index in [-0.39, 0.29) is 12.5 Å². The molecular weight excluding hydrogens is 428 g/mol. The van der Waals surface area contributed by atoms with Crippen LogP contribution in [0.3, 0.4) is 0 Å². The third kappa shape index (κ3) is 5.36. The van der Waals surface area contributed by atoms with Gasteiger partial charge in [0.25, 0.3) is 11.8 Å². The molecule has 2 aromatic carbocycles. The molecule has 3 N–H and O–H groups in total. The summed E-state index contributed by atoms with van der Waals surface area (Å²) in [5, 5.41) is 3.73. The van der Waals surface area contributed by atoms with Crippen molar-refractivity contribution in [1.82, 2.24) is 15.8 Å². The first kappa shape index (κ1) is 23.1. The van der Waals surface area contributed by atoms with E-state index in [1.54, 1.807) is 33.3 Å². The van der Waals surface area contributed by atoms with Gasteiger partial charge in [0.2, 0.25) is 0 Å². The summed E-state index contributed by atoms with van der Waals surface area (Å²) in [6.07, 6.45) is 0. The van der Waals surface area contributed by atoms with E-state index in [1.165, 1.54) is 11.3 Å². The highest BCUT2D eigenvalue weighted by molar-refractivity contribution is 7.17. The molecule has 1 aromatic heterocycles. The van der Waals surface area contributed by atoms with Crippen LogP contribution >= 0.6 is 11.3 Å². The van der Waals surface area contributed by atoms with Gasteiger partial charge in [0.05, 0.1) is 26.5 Å². The molecule has 0 saturated heterocycles. The zero-order valence-electron chi connectivity index (χ0n) is 18.7. The SMILES string of the molecule is COc1ccc(-c2nc(C)c(C(=O)NNC(=O)CNc3ccc(C)cc3C)s2)cc1OC. The lowest BCUT2D eigenvalue weighted by atomic mass is 10.1. The number of aromatic nitrogens is 1. The Balaban J connectivity index is 1.61. The number of benzene rings is 2. The Morgan fingerprint density at radius 2 is 1.72 bits per heavy atom. The third-order valence-electron chi connectivity index (χ3n) is 4.77. The molecule has 2 amide bonds. The van der Waals surface area contributed by atoms with Crippen LogP contribution in [-0.4, -0.2) is 37.6 Å². The molecule has 0 unspecified atom stereocenters. The van der Waals surface area contributed by atoms with Crippen molar-refractivity contribution in [3.8, 4) is 22.1 Å². The number of ether oxygens (including phenoxy) is 2. The summed E-state index contributed by atoms with van der Waals surface area (Å²) in [7, 11) is 3.13. The lowest BCUT2D eigenvalue weighted by molar-refractivity contribution is -0.120. The van der Waals surface area contributed by atoms with Crippen molar-refractivity contribution in [2.75, 3.05) is 26.1 Å². The lowest BCUT2D eigenvalue weighted by Gasteiger charge is -2.11. The molecule has 3 rings (SSSR count). The quantitative estimate of drug-likeness (QED) is 0.472. The van der Waals surface area contributed by atoms with Gasteiger partial charge in [0.15, 0.2) is 11.5 Å². The summed E-state index contributed by atoms with van der Waals surface area (Å²) in [5.74, 6) is 0.402. The van der Waals surface area contributed by atoms with Crippen molar-refractivity contribution >= 4 is 28.8 Å². The van der Waals surface area contributed by atoms with E-state index in [9.17, 15) is 9.59 Å². The fourth-order valence-electron chi connectivity index (χ4n) is 3.11. The predicted molar refractivity (Wildman–Crippen MR) is 125 cm³/mol. The maximum Gasteiger partial charge on any atom is 0.281 e. The Morgan fingerprint density at radius 3 is 2.41 bits per heavy atom. The molecule has 9 heteroatoms. The minimum Gasteiger partial charge on any atom is -0.493 e. The van der Waals surface area contributed by atoms with Gasteiger partial charge in [-0.2, -0.15) is 0 Å².